The van der Waals surface area contributed by atoms with Crippen LogP contribution in [0.2, 0.25) is 0 Å². The molecule has 6 nitrogen and oxygen atoms in total. The largest absolute Gasteiger partial charge is 4.00 e. The number of alkyl halides is 6. The van der Waals surface area contributed by atoms with Gasteiger partial charge in [-0.2, -0.15) is 55.3 Å². The van der Waals surface area contributed by atoms with Crippen molar-refractivity contribution in [2.75, 3.05) is 9.44 Å². The van der Waals surface area contributed by atoms with Crippen molar-refractivity contribution in [3.05, 3.63) is 108 Å². The van der Waals surface area contributed by atoms with Crippen LogP contribution in [0.4, 0.5) is 55.3 Å². The molecule has 0 heterocycles. The molecule has 0 fully saturated rings. The molecule has 0 aromatic heterocycles. The molecule has 2 aliphatic rings. The Morgan fingerprint density at radius 3 is 1.12 bits per heavy atom. The summed E-state index contributed by atoms with van der Waals surface area (Å²) < 4.78 is 165. The molecule has 0 amide bonds. The molecule has 2 aliphatic carbocycles. The minimum atomic E-state index is -5.72. The average Bonchev–Trinajstić information content (AvgIpc) is 3.61. The summed E-state index contributed by atoms with van der Waals surface area (Å²) in [4.78, 5) is 0. The van der Waals surface area contributed by atoms with E-state index in [-0.39, 0.29) is 21.7 Å². The maximum Gasteiger partial charge on any atom is 4.00 e. The van der Waals surface area contributed by atoms with Crippen LogP contribution in [0.3, 0.4) is 0 Å². The molecule has 0 saturated carbocycles. The molecule has 0 aliphatic heterocycles. The van der Waals surface area contributed by atoms with E-state index in [1.54, 1.807) is 0 Å². The van der Waals surface area contributed by atoms with Gasteiger partial charge in [0, 0.05) is 23.3 Å². The van der Waals surface area contributed by atoms with Crippen LogP contribution in [0.1, 0.15) is 12.8 Å². The number of rotatable bonds is 4. The predicted molar refractivity (Wildman–Crippen MR) is 131 cm³/mol. The van der Waals surface area contributed by atoms with E-state index in [1.165, 1.54) is 12.1 Å². The van der Waals surface area contributed by atoms with E-state index in [9.17, 15) is 60.7 Å². The Bertz CT molecular complexity index is 1400. The second-order valence-corrected chi connectivity index (χ2v) is 10.5. The van der Waals surface area contributed by atoms with E-state index in [4.69, 9.17) is 0 Å². The van der Waals surface area contributed by atoms with Crippen molar-refractivity contribution in [2.24, 2.45) is 0 Å². The summed E-state index contributed by atoms with van der Waals surface area (Å²) in [5.41, 5.74) is -13.2. The number of hydrogen-bond acceptors (Lipinski definition) is 4. The van der Waals surface area contributed by atoms with Gasteiger partial charge in [0.15, 0.2) is 0 Å². The fraction of sp³-hybridized carbons (Fsp3) is 0.167. The number of allylic oxidation sites excluding steroid dienone is 8. The number of hydrogen-bond donors (Lipinski definition) is 2. The Morgan fingerprint density at radius 1 is 0.605 bits per heavy atom. The normalized spacial score (nSPS) is 13.4. The first-order chi connectivity index (χ1) is 19.3. The van der Waals surface area contributed by atoms with E-state index in [1.807, 2.05) is 24.3 Å². The van der Waals surface area contributed by atoms with Crippen molar-refractivity contribution >= 4 is 31.4 Å². The number of halogens is 10. The maximum atomic E-state index is 12.8. The van der Waals surface area contributed by atoms with E-state index in [0.29, 0.717) is 24.3 Å². The molecule has 0 atom stereocenters. The third-order valence-corrected chi connectivity index (χ3v) is 6.19. The molecule has 0 unspecified atom stereocenters. The zero-order chi connectivity index (χ0) is 32.2. The molecular weight excluding hydrogens is 682 g/mol. The van der Waals surface area contributed by atoms with Crippen molar-refractivity contribution in [1.82, 2.24) is 0 Å². The first kappa shape index (κ1) is 39.9. The molecule has 0 radical (unpaired) electrons. The molecule has 2 aromatic rings. The van der Waals surface area contributed by atoms with Gasteiger partial charge in [-0.1, -0.05) is 0 Å². The third kappa shape index (κ3) is 14.3. The monoisotopic (exact) mass is 698 g/mol. The Morgan fingerprint density at radius 2 is 0.930 bits per heavy atom. The van der Waals surface area contributed by atoms with Crippen molar-refractivity contribution in [2.45, 2.75) is 23.9 Å². The van der Waals surface area contributed by atoms with Crippen LogP contribution in [-0.4, -0.2) is 27.9 Å². The molecule has 43 heavy (non-hydrogen) atoms. The van der Waals surface area contributed by atoms with Crippen LogP contribution in [0.25, 0.3) is 0 Å². The number of sulfonamides is 2. The second kappa shape index (κ2) is 17.3. The Balaban J connectivity index is 0.000000608. The van der Waals surface area contributed by atoms with Gasteiger partial charge in [0.2, 0.25) is 0 Å². The van der Waals surface area contributed by atoms with Gasteiger partial charge in [-0.05, 0) is 11.4 Å². The zero-order valence-electron chi connectivity index (χ0n) is 20.9. The fourth-order valence-corrected chi connectivity index (χ4v) is 3.26. The molecule has 232 valence electrons. The zero-order valence-corrected chi connectivity index (χ0v) is 24.1. The summed E-state index contributed by atoms with van der Waals surface area (Å²) in [6.45, 7) is 0. The van der Waals surface area contributed by atoms with Gasteiger partial charge in [-0.15, -0.1) is 49.2 Å². The van der Waals surface area contributed by atoms with Gasteiger partial charge in [-0.25, -0.2) is 41.9 Å². The Hall–Kier alpha value is -3.09. The minimum absolute atomic E-state index is 0. The van der Waals surface area contributed by atoms with Gasteiger partial charge in [-0.3, -0.25) is 12.2 Å². The number of nitrogens with one attached hydrogen (secondary N) is 2. The second-order valence-electron chi connectivity index (χ2n) is 7.18. The molecule has 2 N–H and O–H groups in total. The van der Waals surface area contributed by atoms with Crippen LogP contribution in [0, 0.1) is 47.6 Å². The summed E-state index contributed by atoms with van der Waals surface area (Å²) in [6, 6.07) is 4.94. The maximum absolute atomic E-state index is 12.8. The first-order valence-corrected chi connectivity index (χ1v) is 13.6. The Kier molecular flexibility index (Phi) is 16.0. The standard InChI is InChI=1S/2C7H3F5NO2S.2C5H5.Ti/c2*8-4-1-2-6(5(9)3-4)13-16(14,15)7(10,11)12;2*1-2-4-5-3-1;/h2*1-2,13H;2*1-3H,4H2;/q4*-1;+4. The molecule has 4 rings (SSSR count). The average molecular weight is 698 g/mol. The van der Waals surface area contributed by atoms with E-state index < -0.39 is 65.7 Å². The third-order valence-electron chi connectivity index (χ3n) is 3.99. The van der Waals surface area contributed by atoms with Gasteiger partial charge in [0.25, 0.3) is 0 Å². The van der Waals surface area contributed by atoms with Gasteiger partial charge < -0.3 is 9.44 Å². The molecule has 0 spiro atoms. The summed E-state index contributed by atoms with van der Waals surface area (Å²) in [6.07, 6.45) is 20.0. The summed E-state index contributed by atoms with van der Waals surface area (Å²) in [5.74, 6) is -5.44. The minimum Gasteiger partial charge on any atom is -0.326 e. The van der Waals surface area contributed by atoms with Crippen LogP contribution in [-0.2, 0) is 41.8 Å². The Labute approximate surface area is 254 Å². The van der Waals surface area contributed by atoms with E-state index in [0.717, 1.165) is 22.3 Å². The topological polar surface area (TPSA) is 92.3 Å². The molecular formula is C24H16F10N2O4S2Ti. The van der Waals surface area contributed by atoms with Crippen LogP contribution in [0.15, 0.2) is 60.7 Å². The van der Waals surface area contributed by atoms with Crippen LogP contribution >= 0.6 is 0 Å². The summed E-state index contributed by atoms with van der Waals surface area (Å²) in [7, 11) is -11.4. The molecule has 0 saturated heterocycles. The van der Waals surface area contributed by atoms with E-state index >= 15 is 0 Å². The van der Waals surface area contributed by atoms with E-state index in [2.05, 4.69) is 24.3 Å². The summed E-state index contributed by atoms with van der Waals surface area (Å²) >= 11 is 0. The van der Waals surface area contributed by atoms with Gasteiger partial charge >= 0.3 is 52.8 Å². The van der Waals surface area contributed by atoms with Gasteiger partial charge in [0.1, 0.15) is 0 Å². The molecule has 0 bridgehead atoms. The molecule has 19 heteroatoms. The number of benzene rings is 2. The summed E-state index contributed by atoms with van der Waals surface area (Å²) in [5, 5.41) is 0. The van der Waals surface area contributed by atoms with Crippen molar-refractivity contribution in [3.63, 3.8) is 0 Å². The van der Waals surface area contributed by atoms with Gasteiger partial charge in [0.05, 0.1) is 0 Å². The molecule has 2 aromatic carbocycles. The van der Waals surface area contributed by atoms with Crippen molar-refractivity contribution in [3.8, 4) is 0 Å². The SMILES string of the molecule is O=S(=O)(Nc1ccc(F)[c-]c1F)C(F)(F)F.O=S(=O)(Nc1ccc(F)[c-]c1F)C(F)(F)F.[C-]1=CC=CC1.[C-]1=CC=CC1.[Ti+4]. The first-order valence-electron chi connectivity index (χ1n) is 10.6. The predicted octanol–water partition coefficient (Wildman–Crippen LogP) is 6.66. The quantitative estimate of drug-likeness (QED) is 0.212. The number of anilines is 2. The van der Waals surface area contributed by atoms with Crippen LogP contribution < -0.4 is 9.44 Å². The van der Waals surface area contributed by atoms with Crippen molar-refractivity contribution in [1.29, 1.82) is 0 Å². The van der Waals surface area contributed by atoms with Crippen molar-refractivity contribution < 1.29 is 82.5 Å². The fourth-order valence-electron chi connectivity index (χ4n) is 2.13. The smallest absolute Gasteiger partial charge is 0.326 e. The van der Waals surface area contributed by atoms with Crippen LogP contribution in [0.5, 0.6) is 0 Å².